The molecule has 3 fully saturated rings. The molecule has 16 nitrogen and oxygen atoms in total. The lowest BCUT2D eigenvalue weighted by Crippen LogP contribution is -2.59. The van der Waals surface area contributed by atoms with Crippen LogP contribution in [0.5, 0.6) is 0 Å². The van der Waals surface area contributed by atoms with Gasteiger partial charge in [-0.05, 0) is 69.4 Å². The van der Waals surface area contributed by atoms with E-state index >= 15 is 8.78 Å². The predicted molar refractivity (Wildman–Crippen MR) is 332 cm³/mol. The molecule has 16 atom stereocenters. The van der Waals surface area contributed by atoms with Gasteiger partial charge in [0, 0.05) is 17.8 Å². The summed E-state index contributed by atoms with van der Waals surface area (Å²) in [4.78, 5) is 0. The number of hydrogen-bond acceptors (Lipinski definition) is 16. The molecule has 10 unspecified atom stereocenters. The molecule has 3 rings (SSSR count). The van der Waals surface area contributed by atoms with Gasteiger partial charge in [-0.2, -0.15) is 0 Å². The Morgan fingerprint density at radius 2 is 0.767 bits per heavy atom. The summed E-state index contributed by atoms with van der Waals surface area (Å²) < 4.78 is 54.2. The molecule has 0 aromatic rings. The van der Waals surface area contributed by atoms with Crippen LogP contribution in [-0.2, 0) is 18.9 Å². The lowest BCUT2D eigenvalue weighted by atomic mass is 9.78. The maximum Gasteiger partial charge on any atom is 0.186 e. The molecule has 508 valence electrons. The molecule has 86 heavy (non-hydrogen) atoms. The molecule has 2 aliphatic heterocycles. The van der Waals surface area contributed by atoms with E-state index in [4.69, 9.17) is 18.9 Å². The third-order valence-electron chi connectivity index (χ3n) is 18.8. The Bertz CT molecular complexity index is 1670. The van der Waals surface area contributed by atoms with Gasteiger partial charge in [0.25, 0.3) is 0 Å². The number of hydrogen-bond donors (Lipinski definition) is 12. The molecular formula is C68H126F2O16. The molecule has 0 spiro atoms. The third kappa shape index (κ3) is 31.8. The van der Waals surface area contributed by atoms with Gasteiger partial charge in [-0.15, -0.1) is 0 Å². The number of allylic oxidation sites excluding steroid dienone is 2. The molecule has 3 aliphatic rings. The summed E-state index contributed by atoms with van der Waals surface area (Å²) in [6, 6.07) is 0. The minimum atomic E-state index is -1.66. The largest absolute Gasteiger partial charge is 0.394 e. The second-order valence-electron chi connectivity index (χ2n) is 26.1. The van der Waals surface area contributed by atoms with Gasteiger partial charge < -0.3 is 80.2 Å². The van der Waals surface area contributed by atoms with Crippen LogP contribution >= 0.6 is 0 Å². The van der Waals surface area contributed by atoms with Crippen molar-refractivity contribution in [1.82, 2.24) is 0 Å². The number of halogens is 2. The number of aliphatic hydroxyl groups excluding tert-OH is 12. The topological polar surface area (TPSA) is 280 Å². The summed E-state index contributed by atoms with van der Waals surface area (Å²) in [6.07, 6.45) is 22.9. The highest BCUT2D eigenvalue weighted by Gasteiger charge is 2.46. The van der Waals surface area contributed by atoms with Crippen LogP contribution in [0.4, 0.5) is 8.78 Å². The van der Waals surface area contributed by atoms with Crippen molar-refractivity contribution in [3.63, 3.8) is 0 Å². The van der Waals surface area contributed by atoms with Crippen molar-refractivity contribution in [2.75, 3.05) is 26.4 Å². The molecule has 2 heterocycles. The summed E-state index contributed by atoms with van der Waals surface area (Å²) in [5.41, 5.74) is 0. The van der Waals surface area contributed by atoms with Crippen LogP contribution in [0.25, 0.3) is 0 Å². The molecule has 0 aromatic heterocycles. The van der Waals surface area contributed by atoms with Crippen molar-refractivity contribution < 1.29 is 89.0 Å². The Hall–Kier alpha value is -1.30. The highest BCUT2D eigenvalue weighted by Crippen LogP contribution is 2.38. The molecule has 0 aromatic carbocycles. The van der Waals surface area contributed by atoms with E-state index in [2.05, 4.69) is 13.8 Å². The summed E-state index contributed by atoms with van der Waals surface area (Å²) in [7, 11) is 0. The van der Waals surface area contributed by atoms with Gasteiger partial charge in [0.05, 0.1) is 62.5 Å². The van der Waals surface area contributed by atoms with Gasteiger partial charge in [-0.3, -0.25) is 0 Å². The smallest absolute Gasteiger partial charge is 0.186 e. The van der Waals surface area contributed by atoms with Gasteiger partial charge >= 0.3 is 0 Å². The van der Waals surface area contributed by atoms with Gasteiger partial charge in [0.2, 0.25) is 0 Å². The van der Waals surface area contributed by atoms with Crippen LogP contribution in [0.15, 0.2) is 23.8 Å². The molecule has 0 radical (unpaired) electrons. The molecule has 12 N–H and O–H groups in total. The van der Waals surface area contributed by atoms with E-state index < -0.39 is 117 Å². The van der Waals surface area contributed by atoms with E-state index in [1.165, 1.54) is 115 Å². The van der Waals surface area contributed by atoms with Crippen molar-refractivity contribution in [2.45, 2.75) is 357 Å². The Balaban J connectivity index is 1.40. The Morgan fingerprint density at radius 1 is 0.430 bits per heavy atom. The second kappa shape index (κ2) is 48.4. The van der Waals surface area contributed by atoms with E-state index in [1.807, 2.05) is 0 Å². The third-order valence-corrected chi connectivity index (χ3v) is 18.8. The van der Waals surface area contributed by atoms with Crippen molar-refractivity contribution >= 4 is 0 Å². The number of unbranched alkanes of at least 4 members (excludes halogenated alkanes) is 29. The number of ether oxygens (including phenoxy) is 4. The summed E-state index contributed by atoms with van der Waals surface area (Å²) in [5, 5.41) is 126. The van der Waals surface area contributed by atoms with Crippen molar-refractivity contribution in [2.24, 2.45) is 23.7 Å². The van der Waals surface area contributed by atoms with Gasteiger partial charge in [0.1, 0.15) is 48.8 Å². The Kier molecular flexibility index (Phi) is 44.5. The molecule has 0 amide bonds. The van der Waals surface area contributed by atoms with Crippen LogP contribution in [-0.4, -0.2) is 174 Å². The second-order valence-corrected chi connectivity index (χ2v) is 26.1. The van der Waals surface area contributed by atoms with E-state index in [9.17, 15) is 61.3 Å². The SMILES string of the molecule is CCCCCCCCCCCCCC[C@@H](O)[C@@H](O)[C@@H](/C=C(/F)CCCCCCCCCCC1CCC(/C(F)=C\[C@@H](COC2OC(CO)C(O)C(O)C2O)[C@H](O)[C@H](O)CCCCCCCCCCCCCC)CC1)COC1OC(CO)C(O)C(O)C1O. The van der Waals surface area contributed by atoms with Crippen molar-refractivity contribution in [3.8, 4) is 0 Å². The maximum absolute atomic E-state index is 16.2. The zero-order chi connectivity index (χ0) is 62.9. The number of aliphatic hydroxyl groups is 12. The first kappa shape index (κ1) is 78.9. The van der Waals surface area contributed by atoms with Crippen LogP contribution < -0.4 is 0 Å². The van der Waals surface area contributed by atoms with Crippen molar-refractivity contribution in [1.29, 1.82) is 0 Å². The number of rotatable bonds is 52. The van der Waals surface area contributed by atoms with E-state index in [0.29, 0.717) is 50.9 Å². The molecule has 0 bridgehead atoms. The van der Waals surface area contributed by atoms with Crippen molar-refractivity contribution in [3.05, 3.63) is 23.8 Å². The molecular weight excluding hydrogens is 1110 g/mol. The van der Waals surface area contributed by atoms with E-state index in [1.54, 1.807) is 0 Å². The van der Waals surface area contributed by atoms with E-state index in [-0.39, 0.29) is 31.4 Å². The van der Waals surface area contributed by atoms with Gasteiger partial charge in [-0.1, -0.05) is 219 Å². The quantitative estimate of drug-likeness (QED) is 0.0252. The Labute approximate surface area is 517 Å². The monoisotopic (exact) mass is 1240 g/mol. The molecule has 1 aliphatic carbocycles. The van der Waals surface area contributed by atoms with Crippen LogP contribution in [0, 0.1) is 23.7 Å². The first-order valence-corrected chi connectivity index (χ1v) is 34.9. The first-order valence-electron chi connectivity index (χ1n) is 34.9. The van der Waals surface area contributed by atoms with Crippen LogP contribution in [0.1, 0.15) is 271 Å². The minimum absolute atomic E-state index is 0.144. The fraction of sp³-hybridized carbons (Fsp3) is 0.941. The zero-order valence-corrected chi connectivity index (χ0v) is 53.4. The molecule has 18 heteroatoms. The lowest BCUT2D eigenvalue weighted by Gasteiger charge is -2.40. The normalized spacial score (nSPS) is 28.1. The zero-order valence-electron chi connectivity index (χ0n) is 53.4. The highest BCUT2D eigenvalue weighted by atomic mass is 19.1. The summed E-state index contributed by atoms with van der Waals surface area (Å²) >= 11 is 0. The van der Waals surface area contributed by atoms with Gasteiger partial charge in [0.15, 0.2) is 12.6 Å². The average Bonchev–Trinajstić information content (AvgIpc) is 2.33. The molecule has 2 saturated heterocycles. The van der Waals surface area contributed by atoms with Gasteiger partial charge in [-0.25, -0.2) is 8.78 Å². The fourth-order valence-electron chi connectivity index (χ4n) is 12.8. The summed E-state index contributed by atoms with van der Waals surface area (Å²) in [5.74, 6) is -2.68. The average molecular weight is 1240 g/mol. The van der Waals surface area contributed by atoms with Crippen LogP contribution in [0.3, 0.4) is 0 Å². The minimum Gasteiger partial charge on any atom is -0.394 e. The summed E-state index contributed by atoms with van der Waals surface area (Å²) in [6.45, 7) is 2.49. The lowest BCUT2D eigenvalue weighted by molar-refractivity contribution is -0.303. The predicted octanol–water partition coefficient (Wildman–Crippen LogP) is 10.9. The maximum atomic E-state index is 16.2. The van der Waals surface area contributed by atoms with E-state index in [0.717, 1.165) is 103 Å². The first-order chi connectivity index (χ1) is 41.6. The standard InChI is InChI=1S/C68H126F2O16/c1-3-5-7-9-11-13-15-17-19-25-29-33-37-55(73)59(75)51(47-83-67-65(81)63(79)61(77)57(45-71)85-67)43-53(69)36-32-28-24-22-21-23-27-31-35-49-39-41-50(42-40-49)54(70)44-52(48-84-68-66(82)64(80)62(78)58(46-72)86-68)60(76)56(74)38-34-30-26-20-18-16-14-12-10-8-6-4-2/h43-44,49-52,55-68,71-82H,3-42,45-48H2,1-2H3/b53-43+,54-44+/t49?,50?,51-,52-,55+,56+,57?,58?,59-,60-,61?,62?,63?,64?,65?,66?,67?,68?/m0/s1. The Morgan fingerprint density at radius 3 is 1.14 bits per heavy atom. The van der Waals surface area contributed by atoms with Crippen LogP contribution in [0.2, 0.25) is 0 Å². The molecule has 1 saturated carbocycles. The fourth-order valence-corrected chi connectivity index (χ4v) is 12.8. The highest BCUT2D eigenvalue weighted by molar-refractivity contribution is 5.05.